The van der Waals surface area contributed by atoms with Crippen molar-refractivity contribution in [2.75, 3.05) is 12.4 Å². The normalized spacial score (nSPS) is 12.5. The lowest BCUT2D eigenvalue weighted by atomic mass is 9.95. The molecule has 1 aliphatic carbocycles. The Labute approximate surface area is 180 Å². The molecule has 0 saturated heterocycles. The van der Waals surface area contributed by atoms with Crippen molar-refractivity contribution >= 4 is 11.5 Å². The molecule has 0 saturated carbocycles. The number of nitrogens with zero attached hydrogens (tertiary/aromatic N) is 2. The van der Waals surface area contributed by atoms with Crippen LogP contribution >= 0.6 is 0 Å². The van der Waals surface area contributed by atoms with E-state index in [2.05, 4.69) is 22.4 Å². The van der Waals surface area contributed by atoms with Crippen LogP contribution in [0.15, 0.2) is 72.9 Å². The molecule has 0 atom stereocenters. The highest BCUT2D eigenvalue weighted by atomic mass is 19.1. The van der Waals surface area contributed by atoms with Gasteiger partial charge in [0, 0.05) is 17.4 Å². The summed E-state index contributed by atoms with van der Waals surface area (Å²) in [4.78, 5) is 9.61. The maximum Gasteiger partial charge on any atom is 0.139 e. The van der Waals surface area contributed by atoms with Gasteiger partial charge in [-0.25, -0.2) is 9.37 Å². The van der Waals surface area contributed by atoms with Crippen LogP contribution in [-0.2, 0) is 12.8 Å². The van der Waals surface area contributed by atoms with Crippen molar-refractivity contribution in [3.05, 3.63) is 89.9 Å². The maximum atomic E-state index is 13.4. The first-order chi connectivity index (χ1) is 15.2. The predicted octanol–water partition coefficient (Wildman–Crippen LogP) is 6.19. The number of hydrogen-bond donors (Lipinski definition) is 1. The van der Waals surface area contributed by atoms with Crippen LogP contribution in [-0.4, -0.2) is 17.1 Å². The number of nitrogens with one attached hydrogen (secondary N) is 1. The molecule has 5 heteroatoms. The molecular formula is C26H22FN3O. The van der Waals surface area contributed by atoms with Gasteiger partial charge < -0.3 is 10.1 Å². The molecule has 4 aromatic rings. The van der Waals surface area contributed by atoms with Gasteiger partial charge in [-0.15, -0.1) is 0 Å². The fraction of sp³-hybridized carbons (Fsp3) is 0.154. The molecule has 0 radical (unpaired) electrons. The fourth-order valence-electron chi connectivity index (χ4n) is 4.20. The Balaban J connectivity index is 1.71. The van der Waals surface area contributed by atoms with E-state index in [1.807, 2.05) is 30.3 Å². The highest BCUT2D eigenvalue weighted by molar-refractivity contribution is 5.86. The Kier molecular flexibility index (Phi) is 5.08. The lowest BCUT2D eigenvalue weighted by Crippen LogP contribution is -2.04. The number of hydrogen-bond acceptors (Lipinski definition) is 4. The third kappa shape index (κ3) is 3.75. The lowest BCUT2D eigenvalue weighted by Gasteiger charge is -2.19. The molecule has 0 fully saturated rings. The van der Waals surface area contributed by atoms with Crippen LogP contribution in [0.1, 0.15) is 17.5 Å². The number of pyridine rings is 2. The molecule has 31 heavy (non-hydrogen) atoms. The van der Waals surface area contributed by atoms with Gasteiger partial charge in [-0.3, -0.25) is 4.98 Å². The largest absolute Gasteiger partial charge is 0.497 e. The van der Waals surface area contributed by atoms with Gasteiger partial charge in [-0.2, -0.15) is 0 Å². The Morgan fingerprint density at radius 2 is 1.68 bits per heavy atom. The first-order valence-corrected chi connectivity index (χ1v) is 10.4. The molecule has 2 aromatic heterocycles. The Morgan fingerprint density at radius 3 is 2.39 bits per heavy atom. The van der Waals surface area contributed by atoms with Crippen LogP contribution in [0, 0.1) is 5.82 Å². The summed E-state index contributed by atoms with van der Waals surface area (Å²) >= 11 is 0. The summed E-state index contributed by atoms with van der Waals surface area (Å²) in [7, 11) is 1.66. The van der Waals surface area contributed by atoms with E-state index in [1.165, 1.54) is 23.3 Å². The molecule has 1 N–H and O–H groups in total. The standard InChI is InChI=1S/C26H22FN3O/c1-31-20-14-8-17(9-15-20)24-21-5-4-6-22(21)25(23-7-2-3-16-28-23)30-26(24)29-19-12-10-18(27)11-13-19/h2-3,7-16H,4-6H2,1H3,(H,29,30). The second kappa shape index (κ2) is 8.19. The van der Waals surface area contributed by atoms with Gasteiger partial charge >= 0.3 is 0 Å². The molecule has 0 bridgehead atoms. The zero-order valence-corrected chi connectivity index (χ0v) is 17.2. The molecule has 4 nitrogen and oxygen atoms in total. The minimum Gasteiger partial charge on any atom is -0.497 e. The van der Waals surface area contributed by atoms with Crippen LogP contribution in [0.2, 0.25) is 0 Å². The Hall–Kier alpha value is -3.73. The first-order valence-electron chi connectivity index (χ1n) is 10.4. The van der Waals surface area contributed by atoms with Gasteiger partial charge in [-0.1, -0.05) is 18.2 Å². The van der Waals surface area contributed by atoms with Crippen molar-refractivity contribution in [1.82, 2.24) is 9.97 Å². The third-order valence-corrected chi connectivity index (χ3v) is 5.66. The minimum absolute atomic E-state index is 0.267. The topological polar surface area (TPSA) is 47.0 Å². The molecular weight excluding hydrogens is 389 g/mol. The second-order valence-corrected chi connectivity index (χ2v) is 7.57. The molecule has 0 amide bonds. The number of halogens is 1. The quantitative estimate of drug-likeness (QED) is 0.425. The molecule has 0 unspecified atom stereocenters. The fourth-order valence-corrected chi connectivity index (χ4v) is 4.20. The number of fused-ring (bicyclic) bond motifs is 1. The zero-order valence-electron chi connectivity index (χ0n) is 17.2. The predicted molar refractivity (Wildman–Crippen MR) is 121 cm³/mol. The van der Waals surface area contributed by atoms with Crippen LogP contribution in [0.4, 0.5) is 15.9 Å². The van der Waals surface area contributed by atoms with Crippen LogP contribution in [0.5, 0.6) is 5.75 Å². The summed E-state index contributed by atoms with van der Waals surface area (Å²) in [5.74, 6) is 1.29. The van der Waals surface area contributed by atoms with Gasteiger partial charge in [-0.05, 0) is 84.5 Å². The van der Waals surface area contributed by atoms with Crippen LogP contribution in [0.25, 0.3) is 22.5 Å². The van der Waals surface area contributed by atoms with Crippen LogP contribution < -0.4 is 10.1 Å². The van der Waals surface area contributed by atoms with Crippen molar-refractivity contribution in [1.29, 1.82) is 0 Å². The van der Waals surface area contributed by atoms with Gasteiger partial charge in [0.1, 0.15) is 17.4 Å². The lowest BCUT2D eigenvalue weighted by molar-refractivity contribution is 0.415. The van der Waals surface area contributed by atoms with Crippen molar-refractivity contribution < 1.29 is 9.13 Å². The number of anilines is 2. The third-order valence-electron chi connectivity index (χ3n) is 5.66. The summed E-state index contributed by atoms with van der Waals surface area (Å²) in [6.45, 7) is 0. The summed E-state index contributed by atoms with van der Waals surface area (Å²) in [5, 5.41) is 3.43. The zero-order chi connectivity index (χ0) is 21.2. The van der Waals surface area contributed by atoms with Crippen molar-refractivity contribution in [3.8, 4) is 28.3 Å². The van der Waals surface area contributed by atoms with E-state index >= 15 is 0 Å². The Bertz CT molecular complexity index is 1210. The van der Waals surface area contributed by atoms with Crippen molar-refractivity contribution in [3.63, 3.8) is 0 Å². The van der Waals surface area contributed by atoms with E-state index in [1.54, 1.807) is 25.4 Å². The SMILES string of the molecule is COc1ccc(-c2c(Nc3ccc(F)cc3)nc(-c3ccccn3)c3c2CCC3)cc1. The number of aromatic nitrogens is 2. The summed E-state index contributed by atoms with van der Waals surface area (Å²) in [6, 6.07) is 20.3. The minimum atomic E-state index is -0.267. The van der Waals surface area contributed by atoms with E-state index in [0.29, 0.717) is 0 Å². The summed E-state index contributed by atoms with van der Waals surface area (Å²) in [5.41, 5.74) is 7.27. The van der Waals surface area contributed by atoms with E-state index in [4.69, 9.17) is 9.72 Å². The summed E-state index contributed by atoms with van der Waals surface area (Å²) < 4.78 is 18.8. The molecule has 5 rings (SSSR count). The van der Waals surface area contributed by atoms with Gasteiger partial charge in [0.2, 0.25) is 0 Å². The average Bonchev–Trinajstić information content (AvgIpc) is 3.30. The average molecular weight is 411 g/mol. The molecule has 2 aromatic carbocycles. The van der Waals surface area contributed by atoms with Gasteiger partial charge in [0.15, 0.2) is 0 Å². The van der Waals surface area contributed by atoms with Gasteiger partial charge in [0.25, 0.3) is 0 Å². The maximum absolute atomic E-state index is 13.4. The molecule has 0 aliphatic heterocycles. The molecule has 2 heterocycles. The number of ether oxygens (including phenoxy) is 1. The number of benzene rings is 2. The van der Waals surface area contributed by atoms with Crippen LogP contribution in [0.3, 0.4) is 0 Å². The molecule has 154 valence electrons. The summed E-state index contributed by atoms with van der Waals surface area (Å²) in [6.07, 6.45) is 4.84. The highest BCUT2D eigenvalue weighted by Gasteiger charge is 2.25. The van der Waals surface area contributed by atoms with Gasteiger partial charge in [0.05, 0.1) is 18.5 Å². The second-order valence-electron chi connectivity index (χ2n) is 7.57. The van der Waals surface area contributed by atoms with E-state index in [-0.39, 0.29) is 5.82 Å². The van der Waals surface area contributed by atoms with E-state index in [9.17, 15) is 4.39 Å². The Morgan fingerprint density at radius 1 is 0.903 bits per heavy atom. The monoisotopic (exact) mass is 411 g/mol. The van der Waals surface area contributed by atoms with E-state index < -0.39 is 0 Å². The number of methoxy groups -OCH3 is 1. The smallest absolute Gasteiger partial charge is 0.139 e. The molecule has 1 aliphatic rings. The number of rotatable bonds is 5. The van der Waals surface area contributed by atoms with Crippen molar-refractivity contribution in [2.24, 2.45) is 0 Å². The van der Waals surface area contributed by atoms with Crippen molar-refractivity contribution in [2.45, 2.75) is 19.3 Å². The first kappa shape index (κ1) is 19.2. The highest BCUT2D eigenvalue weighted by Crippen LogP contribution is 2.42. The van der Waals surface area contributed by atoms with E-state index in [0.717, 1.165) is 59.0 Å². The molecule has 0 spiro atoms.